The molecule has 0 aliphatic heterocycles. The number of nitrogens with two attached hydrogens (primary N) is 1. The summed E-state index contributed by atoms with van der Waals surface area (Å²) in [7, 11) is -4.39. The maximum Gasteiger partial charge on any atom is 0.472 e. The van der Waals surface area contributed by atoms with Crippen molar-refractivity contribution >= 4 is 19.8 Å². The molecule has 9 nitrogen and oxygen atoms in total. The van der Waals surface area contributed by atoms with Crippen LogP contribution < -0.4 is 5.73 Å². The summed E-state index contributed by atoms with van der Waals surface area (Å²) >= 11 is 0. The maximum atomic E-state index is 12.8. The van der Waals surface area contributed by atoms with Gasteiger partial charge in [-0.05, 0) is 12.8 Å². The zero-order valence-corrected chi connectivity index (χ0v) is 64.0. The third kappa shape index (κ3) is 79.9. The van der Waals surface area contributed by atoms with Crippen LogP contribution in [0.3, 0.4) is 0 Å². The second-order valence-electron chi connectivity index (χ2n) is 29.4. The summed E-state index contributed by atoms with van der Waals surface area (Å²) in [6.07, 6.45) is 98.6. The van der Waals surface area contributed by atoms with Crippen molar-refractivity contribution in [2.45, 2.75) is 495 Å². The van der Waals surface area contributed by atoms with Crippen molar-refractivity contribution in [3.63, 3.8) is 0 Å². The van der Waals surface area contributed by atoms with Crippen LogP contribution in [0.2, 0.25) is 0 Å². The van der Waals surface area contributed by atoms with Crippen LogP contribution in [-0.4, -0.2) is 49.3 Å². The average molecular weight is 1340 g/mol. The lowest BCUT2D eigenvalue weighted by atomic mass is 10.0. The van der Waals surface area contributed by atoms with Crippen LogP contribution in [0.25, 0.3) is 0 Å². The van der Waals surface area contributed by atoms with E-state index in [1.54, 1.807) is 0 Å². The molecule has 2 atom stereocenters. The van der Waals surface area contributed by atoms with Crippen LogP contribution in [0.15, 0.2) is 0 Å². The summed E-state index contributed by atoms with van der Waals surface area (Å²) in [5, 5.41) is 0. The third-order valence-corrected chi connectivity index (χ3v) is 21.0. The van der Waals surface area contributed by atoms with Gasteiger partial charge in [0, 0.05) is 19.4 Å². The van der Waals surface area contributed by atoms with Crippen molar-refractivity contribution in [3.8, 4) is 0 Å². The van der Waals surface area contributed by atoms with Crippen molar-refractivity contribution in [1.82, 2.24) is 0 Å². The first-order valence-corrected chi connectivity index (χ1v) is 44.0. The fraction of sp³-hybridized carbons (Fsp3) is 0.976. The highest BCUT2D eigenvalue weighted by Gasteiger charge is 2.26. The molecular formula is C83H166NO8P. The van der Waals surface area contributed by atoms with Gasteiger partial charge in [0.2, 0.25) is 0 Å². The Morgan fingerprint density at radius 1 is 0.280 bits per heavy atom. The topological polar surface area (TPSA) is 134 Å². The Kier molecular flexibility index (Phi) is 79.1. The largest absolute Gasteiger partial charge is 0.472 e. The molecule has 10 heteroatoms. The van der Waals surface area contributed by atoms with Gasteiger partial charge in [-0.15, -0.1) is 0 Å². The lowest BCUT2D eigenvalue weighted by molar-refractivity contribution is -0.161. The Labute approximate surface area is 581 Å². The normalized spacial score (nSPS) is 12.7. The molecule has 0 aromatic heterocycles. The van der Waals surface area contributed by atoms with Gasteiger partial charge in [-0.25, -0.2) is 4.57 Å². The Morgan fingerprint density at radius 2 is 0.462 bits per heavy atom. The van der Waals surface area contributed by atoms with Crippen LogP contribution in [0.4, 0.5) is 0 Å². The molecule has 0 saturated carbocycles. The lowest BCUT2D eigenvalue weighted by Crippen LogP contribution is -2.29. The molecular weight excluding hydrogens is 1170 g/mol. The van der Waals surface area contributed by atoms with E-state index in [-0.39, 0.29) is 32.1 Å². The Hall–Kier alpha value is -0.990. The molecule has 0 aromatic rings. The Bertz CT molecular complexity index is 1480. The highest BCUT2D eigenvalue weighted by Crippen LogP contribution is 2.43. The minimum Gasteiger partial charge on any atom is -0.462 e. The number of phosphoric acid groups is 1. The molecule has 0 radical (unpaired) electrons. The molecule has 0 bridgehead atoms. The number of unbranched alkanes of at least 4 members (excludes halogenated alkanes) is 70. The molecule has 556 valence electrons. The van der Waals surface area contributed by atoms with Gasteiger partial charge in [-0.3, -0.25) is 18.6 Å². The Balaban J connectivity index is 3.69. The third-order valence-electron chi connectivity index (χ3n) is 20.0. The lowest BCUT2D eigenvalue weighted by Gasteiger charge is -2.19. The van der Waals surface area contributed by atoms with Crippen molar-refractivity contribution in [1.29, 1.82) is 0 Å². The number of phosphoric ester groups is 1. The maximum absolute atomic E-state index is 12.8. The minimum absolute atomic E-state index is 0.0590. The van der Waals surface area contributed by atoms with Gasteiger partial charge in [0.25, 0.3) is 0 Å². The summed E-state index contributed by atoms with van der Waals surface area (Å²) < 4.78 is 33.3. The molecule has 93 heavy (non-hydrogen) atoms. The standard InChI is InChI=1S/C83H166NO8P/c1-3-5-7-9-11-13-15-17-19-21-23-25-27-29-31-33-35-37-39-40-42-44-46-48-50-52-54-56-58-60-62-64-66-68-70-72-74-76-83(86)92-81(80-91-93(87,88)90-78-77-84)79-89-82(85)75-73-71-69-67-65-63-61-59-57-55-53-51-49-47-45-43-41-38-36-34-32-30-28-26-24-22-20-18-16-14-12-10-8-6-4-2/h81H,3-80,84H2,1-2H3,(H,87,88). The monoisotopic (exact) mass is 1340 g/mol. The molecule has 0 aliphatic rings. The predicted molar refractivity (Wildman–Crippen MR) is 405 cm³/mol. The quantitative estimate of drug-likeness (QED) is 0.0347. The first kappa shape index (κ1) is 92.0. The second-order valence-corrected chi connectivity index (χ2v) is 30.9. The SMILES string of the molecule is CCCCCCCCCCCCCCCCCCCCCCCCCCCCCCCCCCCCCCCC(=O)OC(COC(=O)CCCCCCCCCCCCCCCCCCCCCCCCCCCCCCCCCCCCC)COP(=O)(O)OCCN. The van der Waals surface area contributed by atoms with E-state index in [0.717, 1.165) is 32.1 Å². The number of ether oxygens (including phenoxy) is 2. The summed E-state index contributed by atoms with van der Waals surface area (Å²) in [5.74, 6) is -0.793. The first-order valence-electron chi connectivity index (χ1n) is 42.5. The van der Waals surface area contributed by atoms with Crippen LogP contribution in [0.5, 0.6) is 0 Å². The first-order chi connectivity index (χ1) is 45.8. The van der Waals surface area contributed by atoms with E-state index in [1.807, 2.05) is 0 Å². The number of carbonyl (C=O) groups is 2. The molecule has 0 fully saturated rings. The van der Waals surface area contributed by atoms with Gasteiger partial charge in [-0.2, -0.15) is 0 Å². The highest BCUT2D eigenvalue weighted by atomic mass is 31.2. The molecule has 0 saturated heterocycles. The van der Waals surface area contributed by atoms with Gasteiger partial charge in [-0.1, -0.05) is 463 Å². The van der Waals surface area contributed by atoms with E-state index in [9.17, 15) is 19.0 Å². The summed E-state index contributed by atoms with van der Waals surface area (Å²) in [6.45, 7) is 3.86. The van der Waals surface area contributed by atoms with Crippen LogP contribution >= 0.6 is 7.82 Å². The van der Waals surface area contributed by atoms with Crippen LogP contribution in [0.1, 0.15) is 489 Å². The van der Waals surface area contributed by atoms with Gasteiger partial charge < -0.3 is 20.1 Å². The van der Waals surface area contributed by atoms with Gasteiger partial charge in [0.05, 0.1) is 13.2 Å². The number of hydrogen-bond acceptors (Lipinski definition) is 8. The molecule has 0 rings (SSSR count). The predicted octanol–water partition coefficient (Wildman–Crippen LogP) is 28.4. The smallest absolute Gasteiger partial charge is 0.462 e. The van der Waals surface area contributed by atoms with E-state index in [4.69, 9.17) is 24.3 Å². The van der Waals surface area contributed by atoms with Gasteiger partial charge >= 0.3 is 19.8 Å². The molecule has 2 unspecified atom stereocenters. The summed E-state index contributed by atoms with van der Waals surface area (Å²) in [6, 6.07) is 0. The minimum atomic E-state index is -4.39. The van der Waals surface area contributed by atoms with Crippen molar-refractivity contribution < 1.29 is 37.6 Å². The number of esters is 2. The second kappa shape index (κ2) is 80.0. The number of carbonyl (C=O) groups excluding carboxylic acids is 2. The fourth-order valence-electron chi connectivity index (χ4n) is 13.7. The summed E-state index contributed by atoms with van der Waals surface area (Å²) in [5.41, 5.74) is 5.42. The molecule has 0 aliphatic carbocycles. The summed E-state index contributed by atoms with van der Waals surface area (Å²) in [4.78, 5) is 35.5. The molecule has 0 aromatic carbocycles. The van der Waals surface area contributed by atoms with Crippen LogP contribution in [-0.2, 0) is 32.7 Å². The van der Waals surface area contributed by atoms with Crippen molar-refractivity contribution in [3.05, 3.63) is 0 Å². The number of hydrogen-bond donors (Lipinski definition) is 2. The molecule has 3 N–H and O–H groups in total. The van der Waals surface area contributed by atoms with E-state index in [2.05, 4.69) is 13.8 Å². The molecule has 0 heterocycles. The van der Waals surface area contributed by atoms with E-state index >= 15 is 0 Å². The zero-order valence-electron chi connectivity index (χ0n) is 63.1. The fourth-order valence-corrected chi connectivity index (χ4v) is 14.5. The average Bonchev–Trinajstić information content (AvgIpc) is 3.04. The van der Waals surface area contributed by atoms with Gasteiger partial charge in [0.15, 0.2) is 6.10 Å². The molecule has 0 amide bonds. The van der Waals surface area contributed by atoms with Crippen LogP contribution in [0, 0.1) is 0 Å². The van der Waals surface area contributed by atoms with E-state index in [0.29, 0.717) is 12.8 Å². The van der Waals surface area contributed by atoms with Gasteiger partial charge in [0.1, 0.15) is 6.61 Å². The number of rotatable bonds is 83. The Morgan fingerprint density at radius 3 is 0.656 bits per heavy atom. The van der Waals surface area contributed by atoms with Crippen molar-refractivity contribution in [2.24, 2.45) is 5.73 Å². The zero-order chi connectivity index (χ0) is 67.2. The molecule has 0 spiro atoms. The van der Waals surface area contributed by atoms with E-state index < -0.39 is 26.5 Å². The highest BCUT2D eigenvalue weighted by molar-refractivity contribution is 7.47. The van der Waals surface area contributed by atoms with E-state index in [1.165, 1.54) is 424 Å². The van der Waals surface area contributed by atoms with Crippen molar-refractivity contribution in [2.75, 3.05) is 26.4 Å².